The molecule has 1 aromatic carbocycles. The number of benzene rings is 1. The molecule has 0 atom stereocenters. The highest BCUT2D eigenvalue weighted by molar-refractivity contribution is 5.56. The Morgan fingerprint density at radius 1 is 1.46 bits per heavy atom. The highest BCUT2D eigenvalue weighted by Gasteiger charge is 1.91. The molecule has 0 saturated heterocycles. The lowest BCUT2D eigenvalue weighted by molar-refractivity contribution is 0.214. The molecule has 0 amide bonds. The average Bonchev–Trinajstić information content (AvgIpc) is 2.13. The van der Waals surface area contributed by atoms with Gasteiger partial charge in [0.15, 0.2) is 0 Å². The van der Waals surface area contributed by atoms with E-state index in [2.05, 4.69) is 41.2 Å². The number of oxime groups is 1. The monoisotopic (exact) mass is 177 g/mol. The van der Waals surface area contributed by atoms with Crippen molar-refractivity contribution in [1.29, 1.82) is 0 Å². The Morgan fingerprint density at radius 3 is 3.00 bits per heavy atom. The second-order valence-corrected chi connectivity index (χ2v) is 3.00. The lowest BCUT2D eigenvalue weighted by atomic mass is 10.1. The number of rotatable bonds is 4. The summed E-state index contributed by atoms with van der Waals surface area (Å²) in [5.74, 6) is 0. The van der Waals surface area contributed by atoms with Crippen LogP contribution in [-0.4, -0.2) is 13.3 Å². The summed E-state index contributed by atoms with van der Waals surface area (Å²) in [7, 11) is 1.56. The third-order valence-corrected chi connectivity index (χ3v) is 1.82. The Hall–Kier alpha value is -1.31. The minimum atomic E-state index is 0.928. The van der Waals surface area contributed by atoms with Gasteiger partial charge < -0.3 is 4.84 Å². The van der Waals surface area contributed by atoms with E-state index in [4.69, 9.17) is 0 Å². The molecule has 0 heterocycles. The number of hydrogen-bond donors (Lipinski definition) is 0. The predicted octanol–water partition coefficient (Wildman–Crippen LogP) is 2.56. The SMILES string of the molecule is CON=CCCc1cccc(C)c1. The molecule has 1 aromatic rings. The Bertz CT molecular complexity index is 281. The van der Waals surface area contributed by atoms with Crippen LogP contribution in [0.4, 0.5) is 0 Å². The van der Waals surface area contributed by atoms with E-state index in [1.807, 2.05) is 0 Å². The van der Waals surface area contributed by atoms with Gasteiger partial charge in [-0.25, -0.2) is 0 Å². The maximum absolute atomic E-state index is 4.57. The van der Waals surface area contributed by atoms with Gasteiger partial charge in [0.25, 0.3) is 0 Å². The third kappa shape index (κ3) is 3.74. The summed E-state index contributed by atoms with van der Waals surface area (Å²) >= 11 is 0. The van der Waals surface area contributed by atoms with Gasteiger partial charge in [0, 0.05) is 6.21 Å². The maximum Gasteiger partial charge on any atom is 0.106 e. The third-order valence-electron chi connectivity index (χ3n) is 1.82. The van der Waals surface area contributed by atoms with Crippen LogP contribution >= 0.6 is 0 Å². The van der Waals surface area contributed by atoms with E-state index in [9.17, 15) is 0 Å². The van der Waals surface area contributed by atoms with Gasteiger partial charge in [0.1, 0.15) is 7.11 Å². The van der Waals surface area contributed by atoms with Crippen molar-refractivity contribution in [1.82, 2.24) is 0 Å². The van der Waals surface area contributed by atoms with Crippen LogP contribution < -0.4 is 0 Å². The van der Waals surface area contributed by atoms with Crippen molar-refractivity contribution in [3.63, 3.8) is 0 Å². The molecule has 0 aliphatic rings. The first kappa shape index (κ1) is 9.78. The largest absolute Gasteiger partial charge is 0.399 e. The summed E-state index contributed by atoms with van der Waals surface area (Å²) < 4.78 is 0. The van der Waals surface area contributed by atoms with Gasteiger partial charge in [0.05, 0.1) is 0 Å². The van der Waals surface area contributed by atoms with Gasteiger partial charge in [-0.2, -0.15) is 0 Å². The summed E-state index contributed by atoms with van der Waals surface area (Å²) in [4.78, 5) is 4.57. The van der Waals surface area contributed by atoms with Crippen LogP contribution in [0.15, 0.2) is 29.4 Å². The lowest BCUT2D eigenvalue weighted by Crippen LogP contribution is -1.87. The van der Waals surface area contributed by atoms with Gasteiger partial charge >= 0.3 is 0 Å². The zero-order valence-corrected chi connectivity index (χ0v) is 8.16. The van der Waals surface area contributed by atoms with Gasteiger partial charge in [-0.1, -0.05) is 35.0 Å². The Kier molecular flexibility index (Phi) is 4.03. The molecule has 0 unspecified atom stereocenters. The van der Waals surface area contributed by atoms with Gasteiger partial charge in [-0.3, -0.25) is 0 Å². The summed E-state index contributed by atoms with van der Waals surface area (Å²) in [6.07, 6.45) is 3.74. The van der Waals surface area contributed by atoms with Gasteiger partial charge in [-0.05, 0) is 25.3 Å². The fourth-order valence-electron chi connectivity index (χ4n) is 1.23. The average molecular weight is 177 g/mol. The molecular weight excluding hydrogens is 162 g/mol. The van der Waals surface area contributed by atoms with Crippen molar-refractivity contribution in [2.45, 2.75) is 19.8 Å². The van der Waals surface area contributed by atoms with E-state index in [0.717, 1.165) is 12.8 Å². The number of nitrogens with zero attached hydrogens (tertiary/aromatic N) is 1. The van der Waals surface area contributed by atoms with E-state index in [-0.39, 0.29) is 0 Å². The number of hydrogen-bond acceptors (Lipinski definition) is 2. The fourth-order valence-corrected chi connectivity index (χ4v) is 1.23. The molecule has 0 aromatic heterocycles. The maximum atomic E-state index is 4.57. The van der Waals surface area contributed by atoms with Crippen molar-refractivity contribution in [3.8, 4) is 0 Å². The zero-order valence-electron chi connectivity index (χ0n) is 8.16. The highest BCUT2D eigenvalue weighted by Crippen LogP contribution is 2.05. The van der Waals surface area contributed by atoms with Crippen molar-refractivity contribution in [2.75, 3.05) is 7.11 Å². The Morgan fingerprint density at radius 2 is 2.31 bits per heavy atom. The van der Waals surface area contributed by atoms with Crippen LogP contribution in [0.2, 0.25) is 0 Å². The van der Waals surface area contributed by atoms with Crippen LogP contribution in [-0.2, 0) is 11.3 Å². The normalized spacial score (nSPS) is 10.6. The smallest absolute Gasteiger partial charge is 0.106 e. The van der Waals surface area contributed by atoms with E-state index >= 15 is 0 Å². The molecule has 2 nitrogen and oxygen atoms in total. The molecule has 0 aliphatic carbocycles. The molecular formula is C11H15NO. The molecule has 0 saturated carbocycles. The summed E-state index contributed by atoms with van der Waals surface area (Å²) in [5, 5.41) is 3.68. The molecule has 1 rings (SSSR count). The van der Waals surface area contributed by atoms with E-state index in [1.54, 1.807) is 13.3 Å². The van der Waals surface area contributed by atoms with Crippen LogP contribution in [0.5, 0.6) is 0 Å². The van der Waals surface area contributed by atoms with Crippen LogP contribution in [0, 0.1) is 6.92 Å². The Balaban J connectivity index is 2.41. The van der Waals surface area contributed by atoms with Gasteiger partial charge in [0.2, 0.25) is 0 Å². The topological polar surface area (TPSA) is 21.6 Å². The quantitative estimate of drug-likeness (QED) is 0.511. The van der Waals surface area contributed by atoms with Crippen molar-refractivity contribution in [3.05, 3.63) is 35.4 Å². The zero-order chi connectivity index (χ0) is 9.52. The molecule has 13 heavy (non-hydrogen) atoms. The standard InChI is InChI=1S/C11H15NO/c1-10-5-3-6-11(9-10)7-4-8-12-13-2/h3,5-6,8-9H,4,7H2,1-2H3. The van der Waals surface area contributed by atoms with Crippen molar-refractivity contribution in [2.24, 2.45) is 5.16 Å². The van der Waals surface area contributed by atoms with Crippen LogP contribution in [0.3, 0.4) is 0 Å². The molecule has 0 radical (unpaired) electrons. The minimum Gasteiger partial charge on any atom is -0.399 e. The van der Waals surface area contributed by atoms with Crippen LogP contribution in [0.1, 0.15) is 17.5 Å². The summed E-state index contributed by atoms with van der Waals surface area (Å²) in [5.41, 5.74) is 2.66. The molecule has 70 valence electrons. The molecule has 2 heteroatoms. The summed E-state index contributed by atoms with van der Waals surface area (Å²) in [6.45, 7) is 2.10. The minimum absolute atomic E-state index is 0.928. The molecule has 0 N–H and O–H groups in total. The van der Waals surface area contributed by atoms with E-state index < -0.39 is 0 Å². The van der Waals surface area contributed by atoms with Crippen molar-refractivity contribution >= 4 is 6.21 Å². The first-order valence-electron chi connectivity index (χ1n) is 4.43. The van der Waals surface area contributed by atoms with Crippen molar-refractivity contribution < 1.29 is 4.84 Å². The highest BCUT2D eigenvalue weighted by atomic mass is 16.6. The van der Waals surface area contributed by atoms with Crippen LogP contribution in [0.25, 0.3) is 0 Å². The molecule has 0 bridgehead atoms. The molecule has 0 aliphatic heterocycles. The second-order valence-electron chi connectivity index (χ2n) is 3.00. The van der Waals surface area contributed by atoms with E-state index in [0.29, 0.717) is 0 Å². The van der Waals surface area contributed by atoms with E-state index in [1.165, 1.54) is 11.1 Å². The lowest BCUT2D eigenvalue weighted by Gasteiger charge is -1.98. The predicted molar refractivity (Wildman–Crippen MR) is 55.0 cm³/mol. The first-order valence-corrected chi connectivity index (χ1v) is 4.43. The van der Waals surface area contributed by atoms with Gasteiger partial charge in [-0.15, -0.1) is 0 Å². The Labute approximate surface area is 79.2 Å². The first-order chi connectivity index (χ1) is 6.33. The number of aryl methyl sites for hydroxylation is 2. The molecule has 0 spiro atoms. The summed E-state index contributed by atoms with van der Waals surface area (Å²) in [6, 6.07) is 8.51. The molecule has 0 fully saturated rings. The second kappa shape index (κ2) is 5.36. The fraction of sp³-hybridized carbons (Fsp3) is 0.364.